The lowest BCUT2D eigenvalue weighted by Crippen LogP contribution is -2.48. The average molecular weight is 339 g/mol. The number of para-hydroxylation sites is 1. The number of aromatic nitrogens is 1. The van der Waals surface area contributed by atoms with E-state index in [0.29, 0.717) is 18.8 Å². The second-order valence-corrected chi connectivity index (χ2v) is 6.60. The third-order valence-corrected chi connectivity index (χ3v) is 4.67. The van der Waals surface area contributed by atoms with Crippen molar-refractivity contribution in [2.45, 2.75) is 20.4 Å². The molecule has 0 unspecified atom stereocenters. The van der Waals surface area contributed by atoms with E-state index in [1.165, 1.54) is 0 Å². The number of furan rings is 1. The molecular formula is C19H21N3O3. The first-order chi connectivity index (χ1) is 12.1. The molecule has 6 nitrogen and oxygen atoms in total. The highest BCUT2D eigenvalue weighted by atomic mass is 16.5. The van der Waals surface area contributed by atoms with E-state index in [1.54, 1.807) is 0 Å². The van der Waals surface area contributed by atoms with Crippen LogP contribution in [0.4, 0.5) is 0 Å². The number of rotatable bonds is 3. The monoisotopic (exact) mass is 339 g/mol. The third-order valence-electron chi connectivity index (χ3n) is 4.67. The van der Waals surface area contributed by atoms with E-state index in [9.17, 15) is 4.79 Å². The van der Waals surface area contributed by atoms with Crippen LogP contribution in [0.5, 0.6) is 0 Å². The van der Waals surface area contributed by atoms with Crippen molar-refractivity contribution < 1.29 is 13.7 Å². The summed E-state index contributed by atoms with van der Waals surface area (Å²) in [5.74, 6) is 1.21. The summed E-state index contributed by atoms with van der Waals surface area (Å²) in [5.41, 5.74) is 2.78. The van der Waals surface area contributed by atoms with Crippen molar-refractivity contribution in [1.29, 1.82) is 0 Å². The van der Waals surface area contributed by atoms with Crippen LogP contribution in [-0.4, -0.2) is 47.0 Å². The maximum absolute atomic E-state index is 12.7. The number of amides is 1. The number of piperazine rings is 1. The quantitative estimate of drug-likeness (QED) is 0.734. The highest BCUT2D eigenvalue weighted by Crippen LogP contribution is 2.24. The van der Waals surface area contributed by atoms with Crippen LogP contribution in [0.3, 0.4) is 0 Å². The zero-order chi connectivity index (χ0) is 17.4. The van der Waals surface area contributed by atoms with Crippen molar-refractivity contribution in [2.24, 2.45) is 0 Å². The molecule has 1 fully saturated rings. The normalized spacial score (nSPS) is 15.8. The molecule has 1 saturated heterocycles. The summed E-state index contributed by atoms with van der Waals surface area (Å²) in [6.07, 6.45) is 0. The van der Waals surface area contributed by atoms with Gasteiger partial charge in [-0.1, -0.05) is 23.4 Å². The predicted molar refractivity (Wildman–Crippen MR) is 93.4 cm³/mol. The molecule has 4 rings (SSSR count). The van der Waals surface area contributed by atoms with Crippen molar-refractivity contribution >= 4 is 16.9 Å². The Hall–Kier alpha value is -2.60. The fourth-order valence-corrected chi connectivity index (χ4v) is 3.30. The summed E-state index contributed by atoms with van der Waals surface area (Å²) in [7, 11) is 0. The molecule has 3 aromatic rings. The van der Waals surface area contributed by atoms with Gasteiger partial charge in [0.25, 0.3) is 5.91 Å². The third kappa shape index (κ3) is 3.17. The number of aryl methyl sites for hydroxylation is 2. The molecule has 1 aromatic carbocycles. The topological polar surface area (TPSA) is 62.7 Å². The SMILES string of the molecule is Cc1cc(CN2CCN(C(=O)c3cc4cccc(C)c4o3)CC2)no1. The first kappa shape index (κ1) is 15.9. The zero-order valence-electron chi connectivity index (χ0n) is 14.5. The van der Waals surface area contributed by atoms with Gasteiger partial charge in [0.1, 0.15) is 11.3 Å². The van der Waals surface area contributed by atoms with Gasteiger partial charge in [-0.3, -0.25) is 9.69 Å². The summed E-state index contributed by atoms with van der Waals surface area (Å²) in [6.45, 7) is 7.64. The highest BCUT2D eigenvalue weighted by Gasteiger charge is 2.25. The molecule has 0 atom stereocenters. The second-order valence-electron chi connectivity index (χ2n) is 6.60. The second kappa shape index (κ2) is 6.37. The molecule has 0 spiro atoms. The molecule has 0 radical (unpaired) electrons. The van der Waals surface area contributed by atoms with Crippen molar-refractivity contribution in [3.8, 4) is 0 Å². The molecule has 3 heterocycles. The van der Waals surface area contributed by atoms with Crippen molar-refractivity contribution in [3.63, 3.8) is 0 Å². The van der Waals surface area contributed by atoms with Crippen LogP contribution in [0.2, 0.25) is 0 Å². The number of carbonyl (C=O) groups excluding carboxylic acids is 1. The smallest absolute Gasteiger partial charge is 0.289 e. The van der Waals surface area contributed by atoms with E-state index in [4.69, 9.17) is 8.94 Å². The minimum Gasteiger partial charge on any atom is -0.451 e. The van der Waals surface area contributed by atoms with Gasteiger partial charge >= 0.3 is 0 Å². The minimum atomic E-state index is -0.0347. The van der Waals surface area contributed by atoms with Gasteiger partial charge in [0, 0.05) is 44.2 Å². The molecule has 1 aliphatic rings. The van der Waals surface area contributed by atoms with Gasteiger partial charge in [0.15, 0.2) is 5.76 Å². The number of benzene rings is 1. The molecule has 0 aliphatic carbocycles. The van der Waals surface area contributed by atoms with Gasteiger partial charge in [0.2, 0.25) is 0 Å². The lowest BCUT2D eigenvalue weighted by atomic mass is 10.2. The largest absolute Gasteiger partial charge is 0.451 e. The molecule has 130 valence electrons. The van der Waals surface area contributed by atoms with E-state index < -0.39 is 0 Å². The Kier molecular flexibility index (Phi) is 4.05. The molecular weight excluding hydrogens is 318 g/mol. The number of fused-ring (bicyclic) bond motifs is 1. The predicted octanol–water partition coefficient (Wildman–Crippen LogP) is 3.00. The van der Waals surface area contributed by atoms with Crippen LogP contribution in [0.15, 0.2) is 39.3 Å². The Morgan fingerprint density at radius 3 is 2.64 bits per heavy atom. The molecule has 0 N–H and O–H groups in total. The Balaban J connectivity index is 1.41. The van der Waals surface area contributed by atoms with Crippen LogP contribution >= 0.6 is 0 Å². The Bertz CT molecular complexity index is 904. The summed E-state index contributed by atoms with van der Waals surface area (Å²) < 4.78 is 10.9. The molecule has 0 bridgehead atoms. The van der Waals surface area contributed by atoms with E-state index in [0.717, 1.165) is 47.6 Å². The van der Waals surface area contributed by atoms with Crippen LogP contribution < -0.4 is 0 Å². The summed E-state index contributed by atoms with van der Waals surface area (Å²) >= 11 is 0. The Morgan fingerprint density at radius 1 is 1.16 bits per heavy atom. The highest BCUT2D eigenvalue weighted by molar-refractivity contribution is 5.96. The fourth-order valence-electron chi connectivity index (χ4n) is 3.30. The number of nitrogens with zero attached hydrogens (tertiary/aromatic N) is 3. The molecule has 25 heavy (non-hydrogen) atoms. The molecule has 6 heteroatoms. The Labute approximate surface area is 146 Å². The Morgan fingerprint density at radius 2 is 1.96 bits per heavy atom. The maximum Gasteiger partial charge on any atom is 0.289 e. The van der Waals surface area contributed by atoms with Crippen LogP contribution in [0, 0.1) is 13.8 Å². The molecule has 2 aromatic heterocycles. The standard InChI is InChI=1S/C19H21N3O3/c1-13-4-3-5-15-11-17(24-18(13)15)19(23)22-8-6-21(7-9-22)12-16-10-14(2)25-20-16/h3-5,10-11H,6-9,12H2,1-2H3. The number of hydrogen-bond acceptors (Lipinski definition) is 5. The fraction of sp³-hybridized carbons (Fsp3) is 0.368. The van der Waals surface area contributed by atoms with Gasteiger partial charge in [0.05, 0.1) is 5.69 Å². The van der Waals surface area contributed by atoms with E-state index in [1.807, 2.05) is 49.1 Å². The summed E-state index contributed by atoms with van der Waals surface area (Å²) in [5, 5.41) is 5.01. The lowest BCUT2D eigenvalue weighted by Gasteiger charge is -2.33. The molecule has 1 amide bonds. The summed E-state index contributed by atoms with van der Waals surface area (Å²) in [4.78, 5) is 16.9. The lowest BCUT2D eigenvalue weighted by molar-refractivity contribution is 0.0597. The number of carbonyl (C=O) groups is 1. The van der Waals surface area contributed by atoms with Crippen LogP contribution in [0.25, 0.3) is 11.0 Å². The average Bonchev–Trinajstić information content (AvgIpc) is 3.22. The summed E-state index contributed by atoms with van der Waals surface area (Å²) in [6, 6.07) is 9.74. The van der Waals surface area contributed by atoms with Crippen molar-refractivity contribution in [2.75, 3.05) is 26.2 Å². The minimum absolute atomic E-state index is 0.0347. The van der Waals surface area contributed by atoms with Crippen molar-refractivity contribution in [1.82, 2.24) is 15.0 Å². The first-order valence-corrected chi connectivity index (χ1v) is 8.53. The molecule has 0 saturated carbocycles. The van der Waals surface area contributed by atoms with Crippen LogP contribution in [-0.2, 0) is 6.54 Å². The van der Waals surface area contributed by atoms with Crippen LogP contribution in [0.1, 0.15) is 27.6 Å². The van der Waals surface area contributed by atoms with Gasteiger partial charge in [-0.25, -0.2) is 0 Å². The number of hydrogen-bond donors (Lipinski definition) is 0. The van der Waals surface area contributed by atoms with E-state index in [-0.39, 0.29) is 5.91 Å². The van der Waals surface area contributed by atoms with Gasteiger partial charge in [-0.15, -0.1) is 0 Å². The molecule has 1 aliphatic heterocycles. The van der Waals surface area contributed by atoms with Gasteiger partial charge in [-0.2, -0.15) is 0 Å². The van der Waals surface area contributed by atoms with Gasteiger partial charge < -0.3 is 13.8 Å². The zero-order valence-corrected chi connectivity index (χ0v) is 14.5. The van der Waals surface area contributed by atoms with Gasteiger partial charge in [-0.05, 0) is 25.5 Å². The van der Waals surface area contributed by atoms with E-state index >= 15 is 0 Å². The first-order valence-electron chi connectivity index (χ1n) is 8.53. The van der Waals surface area contributed by atoms with E-state index in [2.05, 4.69) is 10.1 Å². The van der Waals surface area contributed by atoms with Crippen molar-refractivity contribution in [3.05, 3.63) is 53.1 Å². The maximum atomic E-state index is 12.7.